The average Bonchev–Trinajstić information content (AvgIpc) is 3.15. The zero-order valence-corrected chi connectivity index (χ0v) is 19.7. The maximum Gasteiger partial charge on any atom is 0.191 e. The molecule has 1 aromatic carbocycles. The number of guanidine groups is 1. The lowest BCUT2D eigenvalue weighted by molar-refractivity contribution is 0.308. The van der Waals surface area contributed by atoms with Gasteiger partial charge in [-0.05, 0) is 25.0 Å². The van der Waals surface area contributed by atoms with E-state index in [1.807, 2.05) is 28.9 Å². The van der Waals surface area contributed by atoms with Crippen LogP contribution in [0, 0.1) is 0 Å². The van der Waals surface area contributed by atoms with Gasteiger partial charge in [0, 0.05) is 38.5 Å². The van der Waals surface area contributed by atoms with E-state index in [4.69, 9.17) is 9.47 Å². The van der Waals surface area contributed by atoms with Crippen LogP contribution in [0.25, 0.3) is 0 Å². The first-order valence-electron chi connectivity index (χ1n) is 9.88. The topological polar surface area (TPSA) is 85.6 Å². The predicted molar refractivity (Wildman–Crippen MR) is 125 cm³/mol. The molecule has 0 amide bonds. The SMILES string of the molecule is CCc1nc2n(n1)CC(NC(=NC)NCCCOc1cccc(OC)c1)CC2.I. The Kier molecular flexibility index (Phi) is 9.49. The molecule has 0 aliphatic carbocycles. The van der Waals surface area contributed by atoms with Gasteiger partial charge in [0.2, 0.25) is 0 Å². The van der Waals surface area contributed by atoms with Crippen LogP contribution in [0.4, 0.5) is 0 Å². The van der Waals surface area contributed by atoms with Crippen LogP contribution < -0.4 is 20.1 Å². The molecule has 0 saturated heterocycles. The molecule has 1 aliphatic heterocycles. The van der Waals surface area contributed by atoms with E-state index in [-0.39, 0.29) is 24.0 Å². The van der Waals surface area contributed by atoms with E-state index in [0.29, 0.717) is 12.6 Å². The summed E-state index contributed by atoms with van der Waals surface area (Å²) in [5, 5.41) is 11.4. The molecule has 160 valence electrons. The predicted octanol–water partition coefficient (Wildman–Crippen LogP) is 2.42. The highest BCUT2D eigenvalue weighted by molar-refractivity contribution is 14.0. The first-order chi connectivity index (χ1) is 13.7. The lowest BCUT2D eigenvalue weighted by Crippen LogP contribution is -2.47. The standard InChI is InChI=1S/C20H30N6O2.HI/c1-4-18-24-19-10-9-15(14-26(19)25-18)23-20(21-2)22-11-6-12-28-17-8-5-7-16(13-17)27-3;/h5,7-8,13,15H,4,6,9-12,14H2,1-3H3,(H2,21,22,23);1H. The van der Waals surface area contributed by atoms with Crippen LogP contribution in [0.5, 0.6) is 11.5 Å². The molecule has 29 heavy (non-hydrogen) atoms. The molecule has 8 nitrogen and oxygen atoms in total. The van der Waals surface area contributed by atoms with Gasteiger partial charge in [-0.1, -0.05) is 13.0 Å². The Balaban J connectivity index is 0.00000300. The highest BCUT2D eigenvalue weighted by Crippen LogP contribution is 2.18. The van der Waals surface area contributed by atoms with Gasteiger partial charge in [0.05, 0.1) is 20.3 Å². The smallest absolute Gasteiger partial charge is 0.191 e. The number of aryl methyl sites for hydroxylation is 2. The lowest BCUT2D eigenvalue weighted by atomic mass is 10.1. The molecular weight excluding hydrogens is 483 g/mol. The fourth-order valence-electron chi connectivity index (χ4n) is 3.18. The van der Waals surface area contributed by atoms with Gasteiger partial charge < -0.3 is 20.1 Å². The van der Waals surface area contributed by atoms with Crippen molar-refractivity contribution < 1.29 is 9.47 Å². The number of nitrogens with one attached hydrogen (secondary N) is 2. The molecular formula is C20H31IN6O2. The fourth-order valence-corrected chi connectivity index (χ4v) is 3.18. The van der Waals surface area contributed by atoms with E-state index in [1.165, 1.54) is 0 Å². The van der Waals surface area contributed by atoms with E-state index in [9.17, 15) is 0 Å². The normalized spacial score (nSPS) is 15.8. The van der Waals surface area contributed by atoms with Crippen LogP contribution in [-0.2, 0) is 19.4 Å². The summed E-state index contributed by atoms with van der Waals surface area (Å²) in [5.41, 5.74) is 0. The van der Waals surface area contributed by atoms with Crippen molar-refractivity contribution in [3.63, 3.8) is 0 Å². The Labute approximate surface area is 189 Å². The zero-order valence-electron chi connectivity index (χ0n) is 17.4. The molecule has 0 fully saturated rings. The molecule has 0 spiro atoms. The average molecular weight is 514 g/mol. The third-order valence-electron chi connectivity index (χ3n) is 4.71. The first kappa shape index (κ1) is 23.2. The molecule has 0 saturated carbocycles. The maximum atomic E-state index is 5.77. The number of ether oxygens (including phenoxy) is 2. The number of nitrogens with zero attached hydrogens (tertiary/aromatic N) is 4. The Morgan fingerprint density at radius 3 is 2.93 bits per heavy atom. The van der Waals surface area contributed by atoms with Gasteiger partial charge in [0.25, 0.3) is 0 Å². The molecule has 0 radical (unpaired) electrons. The second-order valence-corrected chi connectivity index (χ2v) is 6.74. The first-order valence-corrected chi connectivity index (χ1v) is 9.88. The number of methoxy groups -OCH3 is 1. The second-order valence-electron chi connectivity index (χ2n) is 6.74. The number of aromatic nitrogens is 3. The van der Waals surface area contributed by atoms with Crippen LogP contribution in [0.1, 0.15) is 31.4 Å². The molecule has 2 N–H and O–H groups in total. The maximum absolute atomic E-state index is 5.77. The zero-order chi connectivity index (χ0) is 19.8. The highest BCUT2D eigenvalue weighted by atomic mass is 127. The molecule has 9 heteroatoms. The number of halogens is 1. The minimum atomic E-state index is 0. The summed E-state index contributed by atoms with van der Waals surface area (Å²) in [6.07, 6.45) is 3.71. The van der Waals surface area contributed by atoms with Crippen molar-refractivity contribution in [2.75, 3.05) is 27.3 Å². The Morgan fingerprint density at radius 2 is 2.17 bits per heavy atom. The number of benzene rings is 1. The van der Waals surface area contributed by atoms with Gasteiger partial charge in [-0.25, -0.2) is 9.67 Å². The minimum Gasteiger partial charge on any atom is -0.497 e. The van der Waals surface area contributed by atoms with Gasteiger partial charge in [-0.2, -0.15) is 5.10 Å². The van der Waals surface area contributed by atoms with Crippen LogP contribution in [0.2, 0.25) is 0 Å². The van der Waals surface area contributed by atoms with Crippen molar-refractivity contribution in [2.24, 2.45) is 4.99 Å². The Bertz CT molecular complexity index is 795. The van der Waals surface area contributed by atoms with Crippen LogP contribution in [0.3, 0.4) is 0 Å². The van der Waals surface area contributed by atoms with E-state index in [0.717, 1.165) is 67.9 Å². The summed E-state index contributed by atoms with van der Waals surface area (Å²) in [5.74, 6) is 4.45. The Morgan fingerprint density at radius 1 is 1.34 bits per heavy atom. The molecule has 1 aliphatic rings. The molecule has 0 bridgehead atoms. The third kappa shape index (κ3) is 6.76. The van der Waals surface area contributed by atoms with Crippen molar-refractivity contribution in [3.8, 4) is 11.5 Å². The van der Waals surface area contributed by atoms with Gasteiger partial charge in [0.15, 0.2) is 11.8 Å². The third-order valence-corrected chi connectivity index (χ3v) is 4.71. The van der Waals surface area contributed by atoms with Crippen LogP contribution >= 0.6 is 24.0 Å². The van der Waals surface area contributed by atoms with Crippen LogP contribution in [-0.4, -0.2) is 54.1 Å². The largest absolute Gasteiger partial charge is 0.497 e. The van der Waals surface area contributed by atoms with Crippen molar-refractivity contribution in [3.05, 3.63) is 35.9 Å². The van der Waals surface area contributed by atoms with E-state index >= 15 is 0 Å². The van der Waals surface area contributed by atoms with E-state index in [2.05, 4.69) is 32.6 Å². The molecule has 1 aromatic heterocycles. The summed E-state index contributed by atoms with van der Waals surface area (Å²) in [7, 11) is 3.45. The lowest BCUT2D eigenvalue weighted by Gasteiger charge is -2.25. The summed E-state index contributed by atoms with van der Waals surface area (Å²) in [6.45, 7) is 4.32. The summed E-state index contributed by atoms with van der Waals surface area (Å²) >= 11 is 0. The fraction of sp³-hybridized carbons (Fsp3) is 0.550. The minimum absolute atomic E-state index is 0. The van der Waals surface area contributed by atoms with Gasteiger partial charge in [0.1, 0.15) is 17.3 Å². The summed E-state index contributed by atoms with van der Waals surface area (Å²) in [4.78, 5) is 8.90. The quantitative estimate of drug-likeness (QED) is 0.244. The molecule has 1 unspecified atom stereocenters. The van der Waals surface area contributed by atoms with Crippen molar-refractivity contribution in [1.82, 2.24) is 25.4 Å². The number of hydrogen-bond acceptors (Lipinski definition) is 5. The number of hydrogen-bond donors (Lipinski definition) is 2. The summed E-state index contributed by atoms with van der Waals surface area (Å²) in [6, 6.07) is 7.95. The second kappa shape index (κ2) is 11.8. The molecule has 2 aromatic rings. The van der Waals surface area contributed by atoms with Crippen molar-refractivity contribution in [1.29, 1.82) is 0 Å². The molecule has 1 atom stereocenters. The van der Waals surface area contributed by atoms with E-state index in [1.54, 1.807) is 14.2 Å². The number of rotatable bonds is 8. The Hall–Kier alpha value is -2.04. The monoisotopic (exact) mass is 514 g/mol. The van der Waals surface area contributed by atoms with Crippen LogP contribution in [0.15, 0.2) is 29.3 Å². The molecule has 2 heterocycles. The van der Waals surface area contributed by atoms with Gasteiger partial charge >= 0.3 is 0 Å². The van der Waals surface area contributed by atoms with Gasteiger partial charge in [-0.15, -0.1) is 24.0 Å². The van der Waals surface area contributed by atoms with Gasteiger partial charge in [-0.3, -0.25) is 4.99 Å². The van der Waals surface area contributed by atoms with E-state index < -0.39 is 0 Å². The van der Waals surface area contributed by atoms with Crippen molar-refractivity contribution in [2.45, 2.75) is 45.2 Å². The number of aliphatic imine (C=N–C) groups is 1. The molecule has 3 rings (SSSR count). The summed E-state index contributed by atoms with van der Waals surface area (Å²) < 4.78 is 13.0. The van der Waals surface area contributed by atoms with Crippen molar-refractivity contribution >= 4 is 29.9 Å². The highest BCUT2D eigenvalue weighted by Gasteiger charge is 2.21. The number of fused-ring (bicyclic) bond motifs is 1.